The molecule has 2 N–H and O–H groups in total. The Hall–Kier alpha value is -1.92. The molecule has 0 unspecified atom stereocenters. The summed E-state index contributed by atoms with van der Waals surface area (Å²) in [5.41, 5.74) is 5.81. The van der Waals surface area contributed by atoms with E-state index in [9.17, 15) is 10.1 Å². The summed E-state index contributed by atoms with van der Waals surface area (Å²) in [5, 5.41) is 11.0. The Morgan fingerprint density at radius 3 is 2.56 bits per heavy atom. The van der Waals surface area contributed by atoms with Gasteiger partial charge >= 0.3 is 5.69 Å². The molecule has 2 rings (SSSR count). The maximum absolute atomic E-state index is 11.0. The third-order valence-corrected chi connectivity index (χ3v) is 2.65. The Balaban J connectivity index is 2.52. The van der Waals surface area contributed by atoms with E-state index in [1.807, 2.05) is 4.90 Å². The molecule has 1 aromatic heterocycles. The number of aryl methyl sites for hydroxylation is 1. The minimum absolute atomic E-state index is 0.0314. The number of hydrogen-bond donors (Lipinski definition) is 1. The first-order chi connectivity index (χ1) is 7.59. The molecule has 1 aromatic rings. The van der Waals surface area contributed by atoms with Crippen molar-refractivity contribution in [3.8, 4) is 0 Å². The van der Waals surface area contributed by atoms with Crippen molar-refractivity contribution in [3.05, 3.63) is 15.8 Å². The topological polar surface area (TPSA) is 98.2 Å². The van der Waals surface area contributed by atoms with Crippen molar-refractivity contribution in [2.45, 2.75) is 19.8 Å². The molecule has 1 aliphatic rings. The zero-order valence-electron chi connectivity index (χ0n) is 9.01. The van der Waals surface area contributed by atoms with Crippen LogP contribution >= 0.6 is 0 Å². The second-order valence-electron chi connectivity index (χ2n) is 3.79. The third-order valence-electron chi connectivity index (χ3n) is 2.65. The van der Waals surface area contributed by atoms with Crippen molar-refractivity contribution >= 4 is 17.5 Å². The van der Waals surface area contributed by atoms with Crippen molar-refractivity contribution < 1.29 is 4.92 Å². The summed E-state index contributed by atoms with van der Waals surface area (Å²) in [6.07, 6.45) is 2.06. The van der Waals surface area contributed by atoms with Crippen LogP contribution in [0, 0.1) is 17.0 Å². The molecule has 7 heteroatoms. The van der Waals surface area contributed by atoms with E-state index in [1.165, 1.54) is 0 Å². The molecule has 0 spiro atoms. The van der Waals surface area contributed by atoms with E-state index >= 15 is 0 Å². The highest BCUT2D eigenvalue weighted by Gasteiger charge is 2.27. The monoisotopic (exact) mass is 223 g/mol. The minimum Gasteiger partial charge on any atom is -0.368 e. The maximum Gasteiger partial charge on any atom is 0.332 e. The molecular weight excluding hydrogens is 210 g/mol. The van der Waals surface area contributed by atoms with E-state index in [2.05, 4.69) is 9.97 Å². The van der Waals surface area contributed by atoms with Crippen molar-refractivity contribution in [3.63, 3.8) is 0 Å². The standard InChI is InChI=1S/C9H13N5O2/c1-6-7(14(15)16)8(12-9(10)11-6)13-4-2-3-5-13/h2-5H2,1H3,(H2,10,11,12). The molecule has 1 saturated heterocycles. The first kappa shape index (κ1) is 10.6. The van der Waals surface area contributed by atoms with Crippen LogP contribution in [0.15, 0.2) is 0 Å². The average molecular weight is 223 g/mol. The van der Waals surface area contributed by atoms with E-state index in [0.717, 1.165) is 25.9 Å². The van der Waals surface area contributed by atoms with Crippen molar-refractivity contribution in [2.24, 2.45) is 0 Å². The van der Waals surface area contributed by atoms with Gasteiger partial charge < -0.3 is 10.6 Å². The molecular formula is C9H13N5O2. The molecule has 86 valence electrons. The van der Waals surface area contributed by atoms with Gasteiger partial charge in [-0.15, -0.1) is 0 Å². The van der Waals surface area contributed by atoms with E-state index in [-0.39, 0.29) is 11.6 Å². The number of nitrogens with zero attached hydrogens (tertiary/aromatic N) is 4. The number of nitro groups is 1. The van der Waals surface area contributed by atoms with Gasteiger partial charge in [0, 0.05) is 13.1 Å². The lowest BCUT2D eigenvalue weighted by Gasteiger charge is -2.16. The Kier molecular flexibility index (Phi) is 2.59. The Bertz CT molecular complexity index is 428. The van der Waals surface area contributed by atoms with Crippen LogP contribution in [0.2, 0.25) is 0 Å². The van der Waals surface area contributed by atoms with E-state index in [4.69, 9.17) is 5.73 Å². The van der Waals surface area contributed by atoms with Crippen molar-refractivity contribution in [2.75, 3.05) is 23.7 Å². The summed E-state index contributed by atoms with van der Waals surface area (Å²) < 4.78 is 0. The molecule has 1 aliphatic heterocycles. The summed E-state index contributed by atoms with van der Waals surface area (Å²) in [4.78, 5) is 20.2. The summed E-state index contributed by atoms with van der Waals surface area (Å²) in [6.45, 7) is 3.16. The van der Waals surface area contributed by atoms with E-state index < -0.39 is 4.92 Å². The SMILES string of the molecule is Cc1nc(N)nc(N2CCCC2)c1[N+](=O)[O-]. The molecule has 0 bridgehead atoms. The zero-order chi connectivity index (χ0) is 11.7. The van der Waals surface area contributed by atoms with Gasteiger partial charge in [-0.05, 0) is 19.8 Å². The predicted octanol–water partition coefficient (Wildman–Crippen LogP) is 0.876. The maximum atomic E-state index is 11.0. The summed E-state index contributed by atoms with van der Waals surface area (Å²) in [5.74, 6) is 0.442. The fraction of sp³-hybridized carbons (Fsp3) is 0.556. The van der Waals surface area contributed by atoms with Gasteiger partial charge in [0.15, 0.2) is 0 Å². The quantitative estimate of drug-likeness (QED) is 0.590. The van der Waals surface area contributed by atoms with Gasteiger partial charge in [-0.3, -0.25) is 10.1 Å². The molecule has 0 amide bonds. The van der Waals surface area contributed by atoms with Crippen molar-refractivity contribution in [1.82, 2.24) is 9.97 Å². The fourth-order valence-corrected chi connectivity index (χ4v) is 1.94. The van der Waals surface area contributed by atoms with Gasteiger partial charge in [0.2, 0.25) is 11.8 Å². The molecule has 1 fully saturated rings. The van der Waals surface area contributed by atoms with Crippen LogP contribution in [0.1, 0.15) is 18.5 Å². The number of nitrogen functional groups attached to an aromatic ring is 1. The highest BCUT2D eigenvalue weighted by Crippen LogP contribution is 2.31. The summed E-state index contributed by atoms with van der Waals surface area (Å²) in [6, 6.07) is 0. The van der Waals surface area contributed by atoms with Crippen LogP contribution in [-0.2, 0) is 0 Å². The molecule has 0 atom stereocenters. The summed E-state index contributed by atoms with van der Waals surface area (Å²) in [7, 11) is 0. The van der Waals surface area contributed by atoms with Crippen LogP contribution in [0.5, 0.6) is 0 Å². The van der Waals surface area contributed by atoms with Crippen LogP contribution in [0.25, 0.3) is 0 Å². The largest absolute Gasteiger partial charge is 0.368 e. The van der Waals surface area contributed by atoms with E-state index in [0.29, 0.717) is 11.5 Å². The van der Waals surface area contributed by atoms with Crippen LogP contribution < -0.4 is 10.6 Å². The Morgan fingerprint density at radius 2 is 2.00 bits per heavy atom. The van der Waals surface area contributed by atoms with Crippen LogP contribution in [0.4, 0.5) is 17.5 Å². The lowest BCUT2D eigenvalue weighted by atomic mass is 10.3. The fourth-order valence-electron chi connectivity index (χ4n) is 1.94. The first-order valence-electron chi connectivity index (χ1n) is 5.13. The van der Waals surface area contributed by atoms with Crippen LogP contribution in [-0.4, -0.2) is 28.0 Å². The number of aromatic nitrogens is 2. The molecule has 0 aliphatic carbocycles. The second-order valence-corrected chi connectivity index (χ2v) is 3.79. The molecule has 7 nitrogen and oxygen atoms in total. The average Bonchev–Trinajstić information content (AvgIpc) is 2.67. The normalized spacial score (nSPS) is 15.4. The van der Waals surface area contributed by atoms with Gasteiger partial charge in [-0.1, -0.05) is 0 Å². The van der Waals surface area contributed by atoms with Gasteiger partial charge in [-0.25, -0.2) is 4.98 Å². The first-order valence-corrected chi connectivity index (χ1v) is 5.13. The number of hydrogen-bond acceptors (Lipinski definition) is 6. The van der Waals surface area contributed by atoms with Crippen molar-refractivity contribution in [1.29, 1.82) is 0 Å². The van der Waals surface area contributed by atoms with Gasteiger partial charge in [0.05, 0.1) is 4.92 Å². The van der Waals surface area contributed by atoms with Gasteiger partial charge in [-0.2, -0.15) is 4.98 Å². The smallest absolute Gasteiger partial charge is 0.332 e. The summed E-state index contributed by atoms with van der Waals surface area (Å²) >= 11 is 0. The lowest BCUT2D eigenvalue weighted by Crippen LogP contribution is -2.22. The lowest BCUT2D eigenvalue weighted by molar-refractivity contribution is -0.385. The molecule has 0 radical (unpaired) electrons. The predicted molar refractivity (Wildman–Crippen MR) is 59.3 cm³/mol. The molecule has 16 heavy (non-hydrogen) atoms. The number of nitrogens with two attached hydrogens (primary N) is 1. The second kappa shape index (κ2) is 3.92. The Morgan fingerprint density at radius 1 is 1.38 bits per heavy atom. The highest BCUT2D eigenvalue weighted by molar-refractivity contribution is 5.62. The van der Waals surface area contributed by atoms with Crippen LogP contribution in [0.3, 0.4) is 0 Å². The van der Waals surface area contributed by atoms with Gasteiger partial charge in [0.1, 0.15) is 5.69 Å². The third kappa shape index (κ3) is 1.75. The Labute approximate surface area is 92.4 Å². The van der Waals surface area contributed by atoms with Gasteiger partial charge in [0.25, 0.3) is 0 Å². The van der Waals surface area contributed by atoms with E-state index in [1.54, 1.807) is 6.92 Å². The zero-order valence-corrected chi connectivity index (χ0v) is 9.01. The molecule has 0 saturated carbocycles. The molecule has 2 heterocycles. The minimum atomic E-state index is -0.442. The highest BCUT2D eigenvalue weighted by atomic mass is 16.6. The number of rotatable bonds is 2. The number of anilines is 2. The molecule has 0 aromatic carbocycles.